The van der Waals surface area contributed by atoms with E-state index < -0.39 is 12.2 Å². The van der Waals surface area contributed by atoms with E-state index in [0.29, 0.717) is 34.8 Å². The molecule has 0 aliphatic carbocycles. The third-order valence-electron chi connectivity index (χ3n) is 4.67. The van der Waals surface area contributed by atoms with Crippen LogP contribution in [-0.4, -0.2) is 36.0 Å². The molecule has 5 nitrogen and oxygen atoms in total. The molecule has 1 atom stereocenters. The molecule has 2 heterocycles. The van der Waals surface area contributed by atoms with Gasteiger partial charge in [0.05, 0.1) is 23.7 Å². The molecule has 26 heavy (non-hydrogen) atoms. The normalized spacial score (nSPS) is 19.0. The van der Waals surface area contributed by atoms with Crippen molar-refractivity contribution in [1.29, 1.82) is 0 Å². The Morgan fingerprint density at radius 2 is 2.12 bits per heavy atom. The largest absolute Gasteiger partial charge is 0.491 e. The van der Waals surface area contributed by atoms with E-state index in [1.807, 2.05) is 6.92 Å². The van der Waals surface area contributed by atoms with Gasteiger partial charge in [-0.25, -0.2) is 0 Å². The number of carbonyl (C=O) groups is 1. The molecule has 1 aromatic rings. The highest BCUT2D eigenvalue weighted by Crippen LogP contribution is 2.42. The van der Waals surface area contributed by atoms with E-state index in [-0.39, 0.29) is 42.1 Å². The number of alkyl halides is 3. The summed E-state index contributed by atoms with van der Waals surface area (Å²) in [6, 6.07) is 0. The number of fused-ring (bicyclic) bond motifs is 1. The number of nitrogens with zero attached hydrogens (tertiary/aromatic N) is 1. The quantitative estimate of drug-likeness (QED) is 0.375. The number of rotatable bonds is 9. The van der Waals surface area contributed by atoms with Crippen molar-refractivity contribution < 1.29 is 23.0 Å². The third-order valence-corrected chi connectivity index (χ3v) is 6.54. The number of ether oxygens (including phenoxy) is 2. The number of hydrogen-bond donors (Lipinski definition) is 0. The predicted octanol–water partition coefficient (Wildman–Crippen LogP) is 4.27. The molecule has 0 radical (unpaired) electrons. The van der Waals surface area contributed by atoms with Gasteiger partial charge in [-0.2, -0.15) is 8.78 Å². The van der Waals surface area contributed by atoms with Crippen molar-refractivity contribution in [3.63, 3.8) is 0 Å². The lowest BCUT2D eigenvalue weighted by Crippen LogP contribution is -2.38. The van der Waals surface area contributed by atoms with E-state index in [0.717, 1.165) is 0 Å². The number of halogens is 4. The van der Waals surface area contributed by atoms with E-state index in [9.17, 15) is 18.4 Å². The predicted molar refractivity (Wildman–Crippen MR) is 101 cm³/mol. The second-order valence-corrected chi connectivity index (χ2v) is 7.57. The summed E-state index contributed by atoms with van der Waals surface area (Å²) < 4.78 is 36.7. The fraction of sp³-hybridized carbons (Fsp3) is 0.647. The molecule has 0 fully saturated rings. The Kier molecular flexibility index (Phi) is 7.38. The molecule has 1 unspecified atom stereocenters. The van der Waals surface area contributed by atoms with Gasteiger partial charge < -0.3 is 14.0 Å². The van der Waals surface area contributed by atoms with Crippen LogP contribution in [0.4, 0.5) is 8.78 Å². The standard InChI is InChI=1S/C17H21Br2F2NO4/c1-3-4-11(23)13-15(25-2)14(24)12(19)10-5-6-17(9-18,22(10)13)7-8-26-16(20)21/h16H,3-9H2,1-2H3. The third kappa shape index (κ3) is 3.89. The molecule has 9 heteroatoms. The summed E-state index contributed by atoms with van der Waals surface area (Å²) in [5, 5.41) is 0.435. The Labute approximate surface area is 167 Å². The number of Topliss-reactive ketones (excluding diaryl/α,β-unsaturated/α-hetero) is 1. The Morgan fingerprint density at radius 3 is 2.65 bits per heavy atom. The van der Waals surface area contributed by atoms with Crippen LogP contribution < -0.4 is 10.2 Å². The van der Waals surface area contributed by atoms with Crippen LogP contribution in [0.3, 0.4) is 0 Å². The lowest BCUT2D eigenvalue weighted by atomic mass is 9.94. The molecule has 146 valence electrons. The zero-order chi connectivity index (χ0) is 19.5. The Balaban J connectivity index is 2.66. The van der Waals surface area contributed by atoms with Gasteiger partial charge in [-0.3, -0.25) is 9.59 Å². The lowest BCUT2D eigenvalue weighted by molar-refractivity contribution is -0.133. The summed E-state index contributed by atoms with van der Waals surface area (Å²) in [6.45, 7) is -1.13. The Bertz CT molecular complexity index is 738. The van der Waals surface area contributed by atoms with Crippen molar-refractivity contribution in [2.45, 2.75) is 51.2 Å². The summed E-state index contributed by atoms with van der Waals surface area (Å²) in [5.41, 5.74) is -0.113. The summed E-state index contributed by atoms with van der Waals surface area (Å²) in [5.74, 6) is -0.210. The molecular weight excluding hydrogens is 480 g/mol. The van der Waals surface area contributed by atoms with E-state index in [4.69, 9.17) is 4.74 Å². The van der Waals surface area contributed by atoms with Crippen LogP contribution in [0.15, 0.2) is 9.27 Å². The zero-order valence-corrected chi connectivity index (χ0v) is 17.8. The summed E-state index contributed by atoms with van der Waals surface area (Å²) in [6.07, 6.45) is 2.32. The highest BCUT2D eigenvalue weighted by Gasteiger charge is 2.42. The summed E-state index contributed by atoms with van der Waals surface area (Å²) in [4.78, 5) is 25.4. The number of methoxy groups -OCH3 is 1. The molecule has 0 N–H and O–H groups in total. The van der Waals surface area contributed by atoms with Gasteiger partial charge in [0.2, 0.25) is 5.43 Å². The zero-order valence-electron chi connectivity index (χ0n) is 14.6. The molecule has 1 aliphatic rings. The van der Waals surface area contributed by atoms with Crippen molar-refractivity contribution in [3.8, 4) is 5.75 Å². The van der Waals surface area contributed by atoms with Gasteiger partial charge in [-0.05, 0) is 41.6 Å². The van der Waals surface area contributed by atoms with Crippen molar-refractivity contribution >= 4 is 37.6 Å². The van der Waals surface area contributed by atoms with Crippen molar-refractivity contribution in [2.24, 2.45) is 0 Å². The van der Waals surface area contributed by atoms with Gasteiger partial charge in [-0.15, -0.1) is 0 Å². The highest BCUT2D eigenvalue weighted by molar-refractivity contribution is 9.10. The second kappa shape index (κ2) is 8.93. The van der Waals surface area contributed by atoms with Gasteiger partial charge >= 0.3 is 6.61 Å². The number of ketones is 1. The lowest BCUT2D eigenvalue weighted by Gasteiger charge is -2.33. The number of aromatic nitrogens is 1. The maximum absolute atomic E-state index is 12.8. The van der Waals surface area contributed by atoms with Crippen LogP contribution in [0.2, 0.25) is 0 Å². The van der Waals surface area contributed by atoms with Crippen molar-refractivity contribution in [1.82, 2.24) is 4.57 Å². The van der Waals surface area contributed by atoms with Gasteiger partial charge in [0, 0.05) is 17.4 Å². The number of pyridine rings is 1. The van der Waals surface area contributed by atoms with Gasteiger partial charge in [0.25, 0.3) is 0 Å². The maximum Gasteiger partial charge on any atom is 0.345 e. The van der Waals surface area contributed by atoms with Crippen LogP contribution in [0.1, 0.15) is 48.8 Å². The maximum atomic E-state index is 12.8. The smallest absolute Gasteiger partial charge is 0.345 e. The topological polar surface area (TPSA) is 57.5 Å². The number of hydrogen-bond acceptors (Lipinski definition) is 4. The molecule has 0 saturated heterocycles. The molecular formula is C17H21Br2F2NO4. The van der Waals surface area contributed by atoms with Crippen molar-refractivity contribution in [2.75, 3.05) is 19.0 Å². The van der Waals surface area contributed by atoms with E-state index in [2.05, 4.69) is 36.6 Å². The fourth-order valence-corrected chi connectivity index (χ4v) is 4.80. The fourth-order valence-electron chi connectivity index (χ4n) is 3.44. The average Bonchev–Trinajstić information content (AvgIpc) is 2.97. The minimum Gasteiger partial charge on any atom is -0.491 e. The molecule has 0 aromatic carbocycles. The Hall–Kier alpha value is -0.800. The van der Waals surface area contributed by atoms with Crippen LogP contribution in [0.25, 0.3) is 0 Å². The van der Waals surface area contributed by atoms with Crippen LogP contribution in [-0.2, 0) is 16.7 Å². The van der Waals surface area contributed by atoms with Crippen molar-refractivity contribution in [3.05, 3.63) is 26.1 Å². The minimum atomic E-state index is -2.85. The molecule has 1 aromatic heterocycles. The highest BCUT2D eigenvalue weighted by atomic mass is 79.9. The summed E-state index contributed by atoms with van der Waals surface area (Å²) >= 11 is 6.80. The minimum absolute atomic E-state index is 0.0129. The molecule has 0 amide bonds. The van der Waals surface area contributed by atoms with Crippen LogP contribution in [0, 0.1) is 0 Å². The average molecular weight is 501 g/mol. The molecule has 2 rings (SSSR count). The van der Waals surface area contributed by atoms with E-state index in [1.165, 1.54) is 7.11 Å². The summed E-state index contributed by atoms with van der Waals surface area (Å²) in [7, 11) is 1.35. The van der Waals surface area contributed by atoms with E-state index >= 15 is 0 Å². The first-order valence-electron chi connectivity index (χ1n) is 8.33. The van der Waals surface area contributed by atoms with Crippen LogP contribution in [0.5, 0.6) is 5.75 Å². The first kappa shape index (κ1) is 21.5. The monoisotopic (exact) mass is 499 g/mol. The molecule has 0 bridgehead atoms. The first-order chi connectivity index (χ1) is 12.3. The van der Waals surface area contributed by atoms with E-state index in [1.54, 1.807) is 4.57 Å². The molecule has 0 spiro atoms. The van der Waals surface area contributed by atoms with Gasteiger partial charge in [0.1, 0.15) is 5.69 Å². The first-order valence-corrected chi connectivity index (χ1v) is 10.2. The Morgan fingerprint density at radius 1 is 1.42 bits per heavy atom. The van der Waals surface area contributed by atoms with Gasteiger partial charge in [-0.1, -0.05) is 22.9 Å². The SMILES string of the molecule is CCCC(=O)c1c(OC)c(=O)c(Br)c2n1C(CBr)(CCOC(F)F)CC2. The van der Waals surface area contributed by atoms with Gasteiger partial charge in [0.15, 0.2) is 11.5 Å². The second-order valence-electron chi connectivity index (χ2n) is 6.22. The number of carbonyl (C=O) groups excluding carboxylic acids is 1. The van der Waals surface area contributed by atoms with Crippen LogP contribution >= 0.6 is 31.9 Å². The molecule has 0 saturated carbocycles. The molecule has 1 aliphatic heterocycles.